The Balaban J connectivity index is 0. The predicted octanol–water partition coefficient (Wildman–Crippen LogP) is 6.55. The molecule has 0 fully saturated rings. The van der Waals surface area contributed by atoms with Crippen molar-refractivity contribution in [2.75, 3.05) is 0 Å². The number of rotatable bonds is 7. The molecule has 0 saturated carbocycles. The molecule has 0 rings (SSSR count). The second kappa shape index (κ2) is 9.97. The van der Waals surface area contributed by atoms with Crippen molar-refractivity contribution in [2.45, 2.75) is 88.0 Å². The van der Waals surface area contributed by atoms with Gasteiger partial charge in [0.2, 0.25) is 0 Å². The molecule has 0 nitrogen and oxygen atoms in total. The maximum atomic E-state index is 2.43. The highest BCUT2D eigenvalue weighted by Crippen LogP contribution is 2.32. The van der Waals surface area contributed by atoms with Crippen molar-refractivity contribution in [3.63, 3.8) is 0 Å². The molecule has 0 amide bonds. The Morgan fingerprint density at radius 3 is 1.53 bits per heavy atom. The van der Waals surface area contributed by atoms with Crippen LogP contribution in [0.25, 0.3) is 0 Å². The molecule has 0 aromatic carbocycles. The highest BCUT2D eigenvalue weighted by atomic mass is 14.3. The molecule has 0 aromatic rings. The van der Waals surface area contributed by atoms with Gasteiger partial charge in [-0.1, -0.05) is 68.7 Å². The normalized spacial score (nSPS) is 13.6. The smallest absolute Gasteiger partial charge is 0.0354 e. The zero-order valence-corrected chi connectivity index (χ0v) is 14.1. The third-order valence-electron chi connectivity index (χ3n) is 3.81. The molecule has 0 bridgehead atoms. The van der Waals surface area contributed by atoms with E-state index < -0.39 is 0 Å². The molecule has 1 atom stereocenters. The van der Waals surface area contributed by atoms with Crippen LogP contribution >= 0.6 is 0 Å². The molecule has 0 aromatic heterocycles. The fraction of sp³-hybridized carbons (Fsp3) is 1.00. The van der Waals surface area contributed by atoms with Gasteiger partial charge in [0.1, 0.15) is 0 Å². The first-order valence-electron chi connectivity index (χ1n) is 7.74. The maximum absolute atomic E-state index is 2.43. The molecule has 0 heteroatoms. The second-order valence-corrected chi connectivity index (χ2v) is 6.86. The van der Waals surface area contributed by atoms with E-state index in [2.05, 4.69) is 48.5 Å². The minimum atomic E-state index is 0.549. The summed E-state index contributed by atoms with van der Waals surface area (Å²) in [5.41, 5.74) is 0.549. The number of hydrogen-bond acceptors (Lipinski definition) is 0. The van der Waals surface area contributed by atoms with Crippen LogP contribution in [-0.2, 0) is 0 Å². The van der Waals surface area contributed by atoms with Crippen LogP contribution in [0.1, 0.15) is 88.0 Å². The minimum absolute atomic E-state index is 0.549. The van der Waals surface area contributed by atoms with Gasteiger partial charge in [-0.25, -0.2) is 0 Å². The van der Waals surface area contributed by atoms with Gasteiger partial charge in [-0.2, -0.15) is 0 Å². The van der Waals surface area contributed by atoms with Crippen LogP contribution in [0, 0.1) is 23.2 Å². The fourth-order valence-electron chi connectivity index (χ4n) is 1.76. The first-order chi connectivity index (χ1) is 7.74. The standard InChI is InChI=1S/C15H32.C2H6/c1-12(2)8-10-15(6,7)11-9-14(5)13(3)4;1-2/h12-14H,8-11H2,1-7H3;1-2H3. The zero-order valence-electron chi connectivity index (χ0n) is 14.1. The fourth-order valence-corrected chi connectivity index (χ4v) is 1.76. The van der Waals surface area contributed by atoms with E-state index in [1.807, 2.05) is 13.8 Å². The van der Waals surface area contributed by atoms with Crippen LogP contribution in [0.2, 0.25) is 0 Å². The van der Waals surface area contributed by atoms with Crippen molar-refractivity contribution < 1.29 is 0 Å². The molecule has 0 spiro atoms. The average Bonchev–Trinajstić information content (AvgIpc) is 2.26. The van der Waals surface area contributed by atoms with Crippen LogP contribution in [0.15, 0.2) is 0 Å². The van der Waals surface area contributed by atoms with Crippen molar-refractivity contribution in [1.82, 2.24) is 0 Å². The molecule has 0 saturated heterocycles. The summed E-state index contributed by atoms with van der Waals surface area (Å²) < 4.78 is 0. The Labute approximate surface area is 112 Å². The monoisotopic (exact) mass is 242 g/mol. The highest BCUT2D eigenvalue weighted by molar-refractivity contribution is 4.71. The maximum Gasteiger partial charge on any atom is -0.0354 e. The summed E-state index contributed by atoms with van der Waals surface area (Å²) in [4.78, 5) is 0. The third kappa shape index (κ3) is 12.2. The first kappa shape index (κ1) is 19.3. The van der Waals surface area contributed by atoms with Crippen LogP contribution in [0.5, 0.6) is 0 Å². The van der Waals surface area contributed by atoms with Crippen LogP contribution in [-0.4, -0.2) is 0 Å². The summed E-state index contributed by atoms with van der Waals surface area (Å²) in [5, 5.41) is 0. The SMILES string of the molecule is CC.CC(C)CCC(C)(C)CCC(C)C(C)C. The zero-order chi connectivity index (χ0) is 14.1. The van der Waals surface area contributed by atoms with Crippen molar-refractivity contribution in [3.8, 4) is 0 Å². The van der Waals surface area contributed by atoms with Crippen molar-refractivity contribution in [3.05, 3.63) is 0 Å². The predicted molar refractivity (Wildman–Crippen MR) is 82.4 cm³/mol. The Morgan fingerprint density at radius 1 is 0.765 bits per heavy atom. The van der Waals surface area contributed by atoms with Gasteiger partial charge >= 0.3 is 0 Å². The van der Waals surface area contributed by atoms with E-state index in [0.717, 1.165) is 17.8 Å². The summed E-state index contributed by atoms with van der Waals surface area (Å²) in [6.45, 7) is 20.6. The van der Waals surface area contributed by atoms with Gasteiger partial charge < -0.3 is 0 Å². The Hall–Kier alpha value is 0. The molecule has 0 radical (unpaired) electrons. The largest absolute Gasteiger partial charge is 0.0683 e. The first-order valence-corrected chi connectivity index (χ1v) is 7.74. The molecule has 0 N–H and O–H groups in total. The van der Waals surface area contributed by atoms with Crippen molar-refractivity contribution in [1.29, 1.82) is 0 Å². The van der Waals surface area contributed by atoms with Gasteiger partial charge in [-0.3, -0.25) is 0 Å². The second-order valence-electron chi connectivity index (χ2n) is 6.86. The molecule has 1 unspecified atom stereocenters. The average molecular weight is 242 g/mol. The Kier molecular flexibility index (Phi) is 11.3. The van der Waals surface area contributed by atoms with Crippen LogP contribution in [0.4, 0.5) is 0 Å². The van der Waals surface area contributed by atoms with E-state index in [0.29, 0.717) is 5.41 Å². The lowest BCUT2D eigenvalue weighted by atomic mass is 9.78. The van der Waals surface area contributed by atoms with Gasteiger partial charge in [0.15, 0.2) is 0 Å². The van der Waals surface area contributed by atoms with E-state index in [9.17, 15) is 0 Å². The van der Waals surface area contributed by atoms with Gasteiger partial charge in [0.05, 0.1) is 0 Å². The third-order valence-corrected chi connectivity index (χ3v) is 3.81. The van der Waals surface area contributed by atoms with E-state index in [4.69, 9.17) is 0 Å². The molecule has 0 aliphatic carbocycles. The molecule has 0 aliphatic heterocycles. The molecular weight excluding hydrogens is 204 g/mol. The summed E-state index contributed by atoms with van der Waals surface area (Å²) in [7, 11) is 0. The van der Waals surface area contributed by atoms with Gasteiger partial charge in [0, 0.05) is 0 Å². The molecule has 106 valence electrons. The minimum Gasteiger partial charge on any atom is -0.0683 e. The van der Waals surface area contributed by atoms with Crippen LogP contribution in [0.3, 0.4) is 0 Å². The molecule has 17 heavy (non-hydrogen) atoms. The van der Waals surface area contributed by atoms with E-state index in [-0.39, 0.29) is 0 Å². The summed E-state index contributed by atoms with van der Waals surface area (Å²) in [5.74, 6) is 2.57. The van der Waals surface area contributed by atoms with Crippen LogP contribution < -0.4 is 0 Å². The lowest BCUT2D eigenvalue weighted by Gasteiger charge is -2.28. The lowest BCUT2D eigenvalue weighted by Crippen LogP contribution is -2.15. The lowest BCUT2D eigenvalue weighted by molar-refractivity contribution is 0.241. The Bertz CT molecular complexity index is 153. The molecule has 0 heterocycles. The molecular formula is C17H38. The summed E-state index contributed by atoms with van der Waals surface area (Å²) in [6, 6.07) is 0. The highest BCUT2D eigenvalue weighted by Gasteiger charge is 2.19. The quantitative estimate of drug-likeness (QED) is 0.475. The Morgan fingerprint density at radius 2 is 1.18 bits per heavy atom. The van der Waals surface area contributed by atoms with E-state index in [1.165, 1.54) is 25.7 Å². The van der Waals surface area contributed by atoms with Gasteiger partial charge in [-0.15, -0.1) is 0 Å². The molecule has 0 aliphatic rings. The topological polar surface area (TPSA) is 0 Å². The van der Waals surface area contributed by atoms with Gasteiger partial charge in [0.25, 0.3) is 0 Å². The van der Waals surface area contributed by atoms with Gasteiger partial charge in [-0.05, 0) is 42.4 Å². The van der Waals surface area contributed by atoms with Crippen molar-refractivity contribution in [2.24, 2.45) is 23.2 Å². The summed E-state index contributed by atoms with van der Waals surface area (Å²) >= 11 is 0. The van der Waals surface area contributed by atoms with Crippen molar-refractivity contribution >= 4 is 0 Å². The number of hydrogen-bond donors (Lipinski definition) is 0. The van der Waals surface area contributed by atoms with E-state index in [1.54, 1.807) is 0 Å². The van der Waals surface area contributed by atoms with E-state index >= 15 is 0 Å². The summed E-state index contributed by atoms with van der Waals surface area (Å²) in [6.07, 6.45) is 5.54.